The Kier molecular flexibility index (Phi) is 6.74. The molecule has 1 aromatic carbocycles. The zero-order chi connectivity index (χ0) is 16.8. The van der Waals surface area contributed by atoms with Gasteiger partial charge in [0.1, 0.15) is 6.33 Å². The Hall–Kier alpha value is -1.24. The second kappa shape index (κ2) is 8.57. The number of rotatable bonds is 7. The molecule has 1 amide bonds. The van der Waals surface area contributed by atoms with E-state index >= 15 is 0 Å². The summed E-state index contributed by atoms with van der Waals surface area (Å²) in [5.74, 6) is 0.251. The molecule has 0 fully saturated rings. The predicted molar refractivity (Wildman–Crippen MR) is 94.3 cm³/mol. The molecular weight excluding hydrogens is 355 g/mol. The van der Waals surface area contributed by atoms with Crippen molar-refractivity contribution in [1.82, 2.24) is 20.1 Å². The fourth-order valence-corrected chi connectivity index (χ4v) is 3.24. The minimum atomic E-state index is -0.0496. The minimum Gasteiger partial charge on any atom is -0.355 e. The van der Waals surface area contributed by atoms with Crippen LogP contribution in [0.25, 0.3) is 0 Å². The van der Waals surface area contributed by atoms with Crippen LogP contribution in [0.2, 0.25) is 10.0 Å². The molecule has 0 saturated carbocycles. The van der Waals surface area contributed by atoms with Gasteiger partial charge in [-0.2, -0.15) is 0 Å². The Labute approximate surface area is 149 Å². The highest BCUT2D eigenvalue weighted by Gasteiger charge is 2.11. The average molecular weight is 373 g/mol. The lowest BCUT2D eigenvalue weighted by molar-refractivity contribution is -0.118. The van der Waals surface area contributed by atoms with Crippen molar-refractivity contribution in [3.63, 3.8) is 0 Å². The van der Waals surface area contributed by atoms with E-state index in [2.05, 4.69) is 15.5 Å². The van der Waals surface area contributed by atoms with Gasteiger partial charge >= 0.3 is 0 Å². The van der Waals surface area contributed by atoms with Crippen LogP contribution in [0.3, 0.4) is 0 Å². The van der Waals surface area contributed by atoms with Gasteiger partial charge in [-0.15, -0.1) is 10.2 Å². The Morgan fingerprint density at radius 2 is 2.17 bits per heavy atom. The monoisotopic (exact) mass is 372 g/mol. The van der Waals surface area contributed by atoms with Gasteiger partial charge in [-0.25, -0.2) is 0 Å². The van der Waals surface area contributed by atoms with Crippen molar-refractivity contribution in [3.05, 3.63) is 40.1 Å². The first-order valence-corrected chi connectivity index (χ1v) is 8.95. The summed E-state index contributed by atoms with van der Waals surface area (Å²) in [5, 5.41) is 12.6. The first-order valence-electron chi connectivity index (χ1n) is 7.21. The number of hydrogen-bond donors (Lipinski definition) is 1. The summed E-state index contributed by atoms with van der Waals surface area (Å²) in [6.45, 7) is 4.60. The van der Waals surface area contributed by atoms with Crippen molar-refractivity contribution in [3.8, 4) is 0 Å². The van der Waals surface area contributed by atoms with Gasteiger partial charge in [-0.3, -0.25) is 4.79 Å². The van der Waals surface area contributed by atoms with E-state index in [1.165, 1.54) is 11.8 Å². The zero-order valence-electron chi connectivity index (χ0n) is 12.9. The van der Waals surface area contributed by atoms with E-state index in [1.807, 2.05) is 30.5 Å². The lowest BCUT2D eigenvalue weighted by Gasteiger charge is -2.10. The molecule has 2 rings (SSSR count). The summed E-state index contributed by atoms with van der Waals surface area (Å²) in [5.41, 5.74) is 0.923. The highest BCUT2D eigenvalue weighted by atomic mass is 35.5. The number of hydrogen-bond acceptors (Lipinski definition) is 4. The van der Waals surface area contributed by atoms with E-state index in [4.69, 9.17) is 23.2 Å². The molecule has 0 atom stereocenters. The summed E-state index contributed by atoms with van der Waals surface area (Å²) in [6, 6.07) is 5.76. The van der Waals surface area contributed by atoms with E-state index in [0.29, 0.717) is 28.8 Å². The molecule has 0 unspecified atom stereocenters. The molecule has 0 saturated heterocycles. The van der Waals surface area contributed by atoms with Gasteiger partial charge in [0, 0.05) is 12.6 Å². The van der Waals surface area contributed by atoms with E-state index in [9.17, 15) is 4.79 Å². The maximum Gasteiger partial charge on any atom is 0.230 e. The fourth-order valence-electron chi connectivity index (χ4n) is 1.95. The van der Waals surface area contributed by atoms with Crippen molar-refractivity contribution < 1.29 is 4.79 Å². The zero-order valence-corrected chi connectivity index (χ0v) is 15.3. The van der Waals surface area contributed by atoms with E-state index < -0.39 is 0 Å². The molecule has 2 aromatic rings. The van der Waals surface area contributed by atoms with Crippen molar-refractivity contribution in [1.29, 1.82) is 0 Å². The molecule has 0 aliphatic heterocycles. The highest BCUT2D eigenvalue weighted by Crippen LogP contribution is 2.25. The number of thioether (sulfide) groups is 1. The van der Waals surface area contributed by atoms with Gasteiger partial charge in [0.25, 0.3) is 0 Å². The van der Waals surface area contributed by atoms with Gasteiger partial charge < -0.3 is 9.88 Å². The number of aromatic nitrogens is 3. The van der Waals surface area contributed by atoms with Crippen molar-refractivity contribution in [2.24, 2.45) is 0 Å². The molecule has 1 N–H and O–H groups in total. The molecule has 0 aliphatic rings. The van der Waals surface area contributed by atoms with Gasteiger partial charge in [0.2, 0.25) is 5.91 Å². The summed E-state index contributed by atoms with van der Waals surface area (Å²) < 4.78 is 1.93. The Bertz CT molecular complexity index is 675. The van der Waals surface area contributed by atoms with Crippen molar-refractivity contribution in [2.75, 3.05) is 12.3 Å². The molecule has 0 bridgehead atoms. The average Bonchev–Trinajstić information content (AvgIpc) is 2.98. The molecule has 124 valence electrons. The summed E-state index contributed by atoms with van der Waals surface area (Å²) in [4.78, 5) is 11.9. The Morgan fingerprint density at radius 1 is 1.39 bits per heavy atom. The van der Waals surface area contributed by atoms with Crippen LogP contribution in [-0.2, 0) is 11.2 Å². The molecule has 0 radical (unpaired) electrons. The van der Waals surface area contributed by atoms with Gasteiger partial charge in [0.05, 0.1) is 15.8 Å². The van der Waals surface area contributed by atoms with Crippen molar-refractivity contribution >= 4 is 40.9 Å². The number of halogens is 2. The van der Waals surface area contributed by atoms with Crippen LogP contribution in [0.15, 0.2) is 29.7 Å². The Morgan fingerprint density at radius 3 is 2.91 bits per heavy atom. The number of nitrogens with one attached hydrogen (secondary N) is 1. The number of carbonyl (C=O) groups excluding carboxylic acids is 1. The first-order chi connectivity index (χ1) is 11.0. The van der Waals surface area contributed by atoms with Crippen LogP contribution in [-0.4, -0.2) is 33.0 Å². The highest BCUT2D eigenvalue weighted by molar-refractivity contribution is 7.99. The SMILES string of the molecule is CC(C)n1cnnc1SCC(=O)NCCc1cccc(Cl)c1Cl. The largest absolute Gasteiger partial charge is 0.355 e. The van der Waals surface area contributed by atoms with Crippen LogP contribution in [0.1, 0.15) is 25.5 Å². The van der Waals surface area contributed by atoms with Crippen LogP contribution in [0, 0.1) is 0 Å². The standard InChI is InChI=1S/C15H18Cl2N4OS/c1-10(2)21-9-19-20-15(21)23-8-13(22)18-7-6-11-4-3-5-12(16)14(11)17/h3-5,9-10H,6-8H2,1-2H3,(H,18,22). The number of benzene rings is 1. The second-order valence-corrected chi connectivity index (χ2v) is 6.94. The number of nitrogens with zero attached hydrogens (tertiary/aromatic N) is 3. The van der Waals surface area contributed by atoms with Crippen molar-refractivity contribution in [2.45, 2.75) is 31.5 Å². The summed E-state index contributed by atoms with van der Waals surface area (Å²) in [7, 11) is 0. The number of carbonyl (C=O) groups is 1. The van der Waals surface area contributed by atoms with Crippen LogP contribution < -0.4 is 5.32 Å². The summed E-state index contributed by atoms with van der Waals surface area (Å²) >= 11 is 13.5. The lowest BCUT2D eigenvalue weighted by Crippen LogP contribution is -2.27. The maximum absolute atomic E-state index is 11.9. The number of amides is 1. The first kappa shape index (κ1) is 18.1. The minimum absolute atomic E-state index is 0.0496. The van der Waals surface area contributed by atoms with E-state index in [1.54, 1.807) is 12.4 Å². The van der Waals surface area contributed by atoms with Gasteiger partial charge in [0.15, 0.2) is 5.16 Å². The molecular formula is C15H18Cl2N4OS. The topological polar surface area (TPSA) is 59.8 Å². The molecule has 0 spiro atoms. The molecule has 23 heavy (non-hydrogen) atoms. The van der Waals surface area contributed by atoms with Crippen LogP contribution >= 0.6 is 35.0 Å². The summed E-state index contributed by atoms with van der Waals surface area (Å²) in [6.07, 6.45) is 2.31. The smallest absolute Gasteiger partial charge is 0.230 e. The van der Waals surface area contributed by atoms with E-state index in [0.717, 1.165) is 10.7 Å². The molecule has 1 heterocycles. The molecule has 5 nitrogen and oxygen atoms in total. The third-order valence-electron chi connectivity index (χ3n) is 3.18. The normalized spacial score (nSPS) is 11.0. The van der Waals surface area contributed by atoms with E-state index in [-0.39, 0.29) is 11.9 Å². The quantitative estimate of drug-likeness (QED) is 0.754. The van der Waals surface area contributed by atoms with Gasteiger partial charge in [-0.05, 0) is 31.9 Å². The van der Waals surface area contributed by atoms with Gasteiger partial charge in [-0.1, -0.05) is 47.1 Å². The second-order valence-electron chi connectivity index (χ2n) is 5.22. The Balaban J connectivity index is 1.77. The third kappa shape index (κ3) is 5.12. The molecule has 8 heteroatoms. The molecule has 0 aliphatic carbocycles. The predicted octanol–water partition coefficient (Wildman–Crippen LogP) is 3.62. The lowest BCUT2D eigenvalue weighted by atomic mass is 10.1. The maximum atomic E-state index is 11.9. The fraction of sp³-hybridized carbons (Fsp3) is 0.400. The molecule has 1 aromatic heterocycles. The van der Waals surface area contributed by atoms with Crippen LogP contribution in [0.4, 0.5) is 0 Å². The third-order valence-corrected chi connectivity index (χ3v) is 4.99. The van der Waals surface area contributed by atoms with Crippen LogP contribution in [0.5, 0.6) is 0 Å².